The molecule has 1 aromatic heterocycles. The van der Waals surface area contributed by atoms with Crippen molar-refractivity contribution in [2.45, 2.75) is 77.5 Å². The molecule has 1 aromatic rings. The van der Waals surface area contributed by atoms with Crippen LogP contribution in [0.25, 0.3) is 0 Å². The second kappa shape index (κ2) is 7.95. The van der Waals surface area contributed by atoms with Crippen LogP contribution in [0.1, 0.15) is 64.6 Å². The highest BCUT2D eigenvalue weighted by molar-refractivity contribution is 5.02. The van der Waals surface area contributed by atoms with E-state index in [-0.39, 0.29) is 6.10 Å². The Morgan fingerprint density at radius 1 is 1.33 bits per heavy atom. The number of rotatable bonds is 7. The molecule has 1 N–H and O–H groups in total. The van der Waals surface area contributed by atoms with E-state index < -0.39 is 6.10 Å². The first-order valence-electron chi connectivity index (χ1n) is 8.45. The molecule has 1 fully saturated rings. The number of ether oxygens (including phenoxy) is 1. The predicted octanol–water partition coefficient (Wildman–Crippen LogP) is 3.35. The van der Waals surface area contributed by atoms with Crippen LogP contribution < -0.4 is 0 Å². The van der Waals surface area contributed by atoms with Crippen molar-refractivity contribution in [2.75, 3.05) is 6.61 Å². The van der Waals surface area contributed by atoms with Crippen molar-refractivity contribution >= 4 is 0 Å². The molecule has 120 valence electrons. The van der Waals surface area contributed by atoms with Gasteiger partial charge in [-0.25, -0.2) is 0 Å². The molecule has 4 heteroatoms. The van der Waals surface area contributed by atoms with Crippen molar-refractivity contribution in [3.05, 3.63) is 18.0 Å². The second-order valence-corrected chi connectivity index (χ2v) is 6.51. The van der Waals surface area contributed by atoms with Gasteiger partial charge in [0.25, 0.3) is 0 Å². The molecule has 0 saturated heterocycles. The van der Waals surface area contributed by atoms with Crippen LogP contribution >= 0.6 is 0 Å². The quantitative estimate of drug-likeness (QED) is 0.839. The SMILES string of the molecule is CCOC(C(C)C)C(O)Cc1ccn(C2CCCCC2)n1. The number of aromatic nitrogens is 2. The fourth-order valence-corrected chi connectivity index (χ4v) is 3.31. The Labute approximate surface area is 128 Å². The van der Waals surface area contributed by atoms with Crippen LogP contribution in [0.5, 0.6) is 0 Å². The summed E-state index contributed by atoms with van der Waals surface area (Å²) in [7, 11) is 0. The molecule has 0 spiro atoms. The number of aliphatic hydroxyl groups excluding tert-OH is 1. The molecule has 1 heterocycles. The zero-order valence-corrected chi connectivity index (χ0v) is 13.7. The van der Waals surface area contributed by atoms with E-state index in [4.69, 9.17) is 4.74 Å². The van der Waals surface area contributed by atoms with Crippen LogP contribution in [-0.2, 0) is 11.2 Å². The van der Waals surface area contributed by atoms with Crippen molar-refractivity contribution in [1.29, 1.82) is 0 Å². The summed E-state index contributed by atoms with van der Waals surface area (Å²) in [4.78, 5) is 0. The molecule has 0 bridgehead atoms. The molecule has 0 amide bonds. The lowest BCUT2D eigenvalue weighted by atomic mass is 9.96. The lowest BCUT2D eigenvalue weighted by molar-refractivity contribution is -0.0565. The third-order valence-electron chi connectivity index (χ3n) is 4.43. The summed E-state index contributed by atoms with van der Waals surface area (Å²) >= 11 is 0. The van der Waals surface area contributed by atoms with Crippen LogP contribution in [0.4, 0.5) is 0 Å². The normalized spacial score (nSPS) is 19.9. The van der Waals surface area contributed by atoms with E-state index in [1.807, 2.05) is 13.0 Å². The highest BCUT2D eigenvalue weighted by Gasteiger charge is 2.24. The molecule has 4 nitrogen and oxygen atoms in total. The molecule has 0 radical (unpaired) electrons. The maximum atomic E-state index is 10.4. The molecule has 0 aromatic carbocycles. The Morgan fingerprint density at radius 3 is 2.67 bits per heavy atom. The Morgan fingerprint density at radius 2 is 2.05 bits per heavy atom. The molecular weight excluding hydrogens is 264 g/mol. The Balaban J connectivity index is 1.94. The van der Waals surface area contributed by atoms with E-state index in [9.17, 15) is 5.11 Å². The first-order chi connectivity index (χ1) is 10.1. The summed E-state index contributed by atoms with van der Waals surface area (Å²) in [6, 6.07) is 2.60. The van der Waals surface area contributed by atoms with Gasteiger partial charge in [-0.3, -0.25) is 4.68 Å². The van der Waals surface area contributed by atoms with Gasteiger partial charge in [0.05, 0.1) is 23.9 Å². The summed E-state index contributed by atoms with van der Waals surface area (Å²) in [5.74, 6) is 0.306. The zero-order valence-electron chi connectivity index (χ0n) is 13.7. The van der Waals surface area contributed by atoms with E-state index in [0.29, 0.717) is 25.0 Å². The van der Waals surface area contributed by atoms with Gasteiger partial charge in [0.2, 0.25) is 0 Å². The van der Waals surface area contributed by atoms with Gasteiger partial charge in [0, 0.05) is 19.2 Å². The molecule has 2 unspecified atom stereocenters. The molecule has 1 aliphatic carbocycles. The second-order valence-electron chi connectivity index (χ2n) is 6.51. The third kappa shape index (κ3) is 4.55. The minimum Gasteiger partial charge on any atom is -0.390 e. The van der Waals surface area contributed by atoms with E-state index in [1.165, 1.54) is 32.1 Å². The van der Waals surface area contributed by atoms with Crippen LogP contribution in [0.2, 0.25) is 0 Å². The van der Waals surface area contributed by atoms with E-state index in [0.717, 1.165) is 5.69 Å². The monoisotopic (exact) mass is 294 g/mol. The molecule has 21 heavy (non-hydrogen) atoms. The molecule has 1 aliphatic rings. The lowest BCUT2D eigenvalue weighted by Crippen LogP contribution is -2.35. The average Bonchev–Trinajstić information content (AvgIpc) is 2.93. The van der Waals surface area contributed by atoms with Crippen molar-refractivity contribution in [3.8, 4) is 0 Å². The van der Waals surface area contributed by atoms with Gasteiger partial charge in [-0.15, -0.1) is 0 Å². The minimum absolute atomic E-state index is 0.116. The Kier molecular flexibility index (Phi) is 6.24. The van der Waals surface area contributed by atoms with E-state index >= 15 is 0 Å². The molecule has 2 atom stereocenters. The molecule has 0 aliphatic heterocycles. The highest BCUT2D eigenvalue weighted by atomic mass is 16.5. The first-order valence-corrected chi connectivity index (χ1v) is 8.45. The largest absolute Gasteiger partial charge is 0.390 e. The molecule has 1 saturated carbocycles. The Hall–Kier alpha value is -0.870. The maximum absolute atomic E-state index is 10.4. The fourth-order valence-electron chi connectivity index (χ4n) is 3.31. The summed E-state index contributed by atoms with van der Waals surface area (Å²) in [6.45, 7) is 6.78. The number of hydrogen-bond donors (Lipinski definition) is 1. The van der Waals surface area contributed by atoms with Gasteiger partial charge in [-0.1, -0.05) is 33.1 Å². The van der Waals surface area contributed by atoms with Crippen molar-refractivity contribution < 1.29 is 9.84 Å². The van der Waals surface area contributed by atoms with Gasteiger partial charge in [-0.05, 0) is 31.7 Å². The molecular formula is C17H30N2O2. The summed E-state index contributed by atoms with van der Waals surface area (Å²) in [5, 5.41) is 15.1. The zero-order chi connectivity index (χ0) is 15.2. The maximum Gasteiger partial charge on any atom is 0.0860 e. The number of nitrogens with zero attached hydrogens (tertiary/aromatic N) is 2. The van der Waals surface area contributed by atoms with Crippen molar-refractivity contribution in [1.82, 2.24) is 9.78 Å². The highest BCUT2D eigenvalue weighted by Crippen LogP contribution is 2.27. The van der Waals surface area contributed by atoms with Crippen molar-refractivity contribution in [2.24, 2.45) is 5.92 Å². The summed E-state index contributed by atoms with van der Waals surface area (Å²) in [5.41, 5.74) is 0.971. The van der Waals surface area contributed by atoms with Gasteiger partial charge in [-0.2, -0.15) is 5.10 Å². The number of aliphatic hydroxyl groups is 1. The van der Waals surface area contributed by atoms with Gasteiger partial charge in [0.15, 0.2) is 0 Å². The summed E-state index contributed by atoms with van der Waals surface area (Å²) in [6.07, 6.45) is 8.48. The fraction of sp³-hybridized carbons (Fsp3) is 0.824. The number of hydrogen-bond acceptors (Lipinski definition) is 3. The van der Waals surface area contributed by atoms with Crippen LogP contribution in [0.15, 0.2) is 12.3 Å². The van der Waals surface area contributed by atoms with E-state index in [2.05, 4.69) is 29.8 Å². The predicted molar refractivity (Wildman–Crippen MR) is 84.3 cm³/mol. The standard InChI is InChI=1S/C17H30N2O2/c1-4-21-17(13(2)3)16(20)12-14-10-11-19(18-14)15-8-6-5-7-9-15/h10-11,13,15-17,20H,4-9,12H2,1-3H3. The lowest BCUT2D eigenvalue weighted by Gasteiger charge is -2.26. The van der Waals surface area contributed by atoms with Gasteiger partial charge >= 0.3 is 0 Å². The minimum atomic E-state index is -0.486. The van der Waals surface area contributed by atoms with Gasteiger partial charge < -0.3 is 9.84 Å². The smallest absolute Gasteiger partial charge is 0.0860 e. The molecule has 2 rings (SSSR count). The summed E-state index contributed by atoms with van der Waals surface area (Å²) < 4.78 is 7.78. The van der Waals surface area contributed by atoms with Crippen molar-refractivity contribution in [3.63, 3.8) is 0 Å². The van der Waals surface area contributed by atoms with E-state index in [1.54, 1.807) is 0 Å². The topological polar surface area (TPSA) is 47.3 Å². The van der Waals surface area contributed by atoms with Crippen LogP contribution in [0, 0.1) is 5.92 Å². The van der Waals surface area contributed by atoms with Gasteiger partial charge in [0.1, 0.15) is 0 Å². The third-order valence-corrected chi connectivity index (χ3v) is 4.43. The first kappa shape index (κ1) is 16.5. The van der Waals surface area contributed by atoms with Crippen LogP contribution in [-0.4, -0.2) is 33.7 Å². The Bertz CT molecular complexity index is 411. The van der Waals surface area contributed by atoms with Crippen LogP contribution in [0.3, 0.4) is 0 Å². The average molecular weight is 294 g/mol.